The van der Waals surface area contributed by atoms with E-state index in [4.69, 9.17) is 23.7 Å². The zero-order valence-electron chi connectivity index (χ0n) is 27.9. The van der Waals surface area contributed by atoms with Gasteiger partial charge in [0.2, 0.25) is 0 Å². The van der Waals surface area contributed by atoms with Crippen LogP contribution in [0.4, 0.5) is 14.9 Å². The van der Waals surface area contributed by atoms with Gasteiger partial charge in [0.1, 0.15) is 23.2 Å². The van der Waals surface area contributed by atoms with E-state index in [0.29, 0.717) is 36.5 Å². The fraction of sp³-hybridized carbons (Fsp3) is 0.389. The number of ether oxygens (including phenoxy) is 5. The Hall–Kier alpha value is -5.21. The number of ketones is 1. The molecule has 0 saturated carbocycles. The standard InChI is InChI=1S/C36H40FN3O10/c1-46-21-48-26-13-11-24(12-14-26)34(42)38-27-20-40(36(44)45)19-5-6-29(27)50-35(43)25-9-7-23(8-10-25)33(41)31-30(49-22-47-2)16-15-28(32(31)37)39-17-3-4-18-39/h7-16,27,29H,3-6,17-22H2,1-2H3,(H,38,42)(H,44,45)/t27-,29-/m1/s1. The second-order valence-electron chi connectivity index (χ2n) is 11.9. The van der Waals surface area contributed by atoms with Gasteiger partial charge in [0, 0.05) is 51.5 Å². The number of nitrogens with zero attached hydrogens (tertiary/aromatic N) is 2. The molecule has 0 radical (unpaired) electrons. The van der Waals surface area contributed by atoms with Gasteiger partial charge in [0.25, 0.3) is 5.91 Å². The fourth-order valence-corrected chi connectivity index (χ4v) is 5.98. The summed E-state index contributed by atoms with van der Waals surface area (Å²) >= 11 is 0. The summed E-state index contributed by atoms with van der Waals surface area (Å²) in [5.41, 5.74) is 0.607. The summed E-state index contributed by atoms with van der Waals surface area (Å²) in [5, 5.41) is 12.5. The number of carbonyl (C=O) groups is 4. The number of anilines is 1. The van der Waals surface area contributed by atoms with Crippen molar-refractivity contribution in [1.82, 2.24) is 10.2 Å². The predicted molar refractivity (Wildman–Crippen MR) is 178 cm³/mol. The largest absolute Gasteiger partial charge is 0.468 e. The Balaban J connectivity index is 1.32. The molecule has 2 fully saturated rings. The van der Waals surface area contributed by atoms with E-state index in [1.54, 1.807) is 36.4 Å². The van der Waals surface area contributed by atoms with Crippen molar-refractivity contribution in [1.29, 1.82) is 0 Å². The second kappa shape index (κ2) is 16.9. The Morgan fingerprint density at radius 2 is 1.46 bits per heavy atom. The van der Waals surface area contributed by atoms with Crippen molar-refractivity contribution in [3.8, 4) is 11.5 Å². The van der Waals surface area contributed by atoms with Crippen molar-refractivity contribution < 1.29 is 52.4 Å². The molecule has 2 amide bonds. The van der Waals surface area contributed by atoms with Crippen molar-refractivity contribution in [2.75, 3.05) is 58.9 Å². The van der Waals surface area contributed by atoms with E-state index in [9.17, 15) is 24.3 Å². The molecule has 0 bridgehead atoms. The maximum Gasteiger partial charge on any atom is 0.407 e. The van der Waals surface area contributed by atoms with Crippen LogP contribution in [0, 0.1) is 5.82 Å². The third-order valence-corrected chi connectivity index (χ3v) is 8.56. The molecule has 3 aromatic rings. The summed E-state index contributed by atoms with van der Waals surface area (Å²) in [6.45, 7) is 1.31. The van der Waals surface area contributed by atoms with Crippen LogP contribution < -0.4 is 19.7 Å². The van der Waals surface area contributed by atoms with Crippen LogP contribution in [-0.4, -0.2) is 99.9 Å². The zero-order chi connectivity index (χ0) is 35.6. The summed E-state index contributed by atoms with van der Waals surface area (Å²) in [6, 6.07) is 14.2. The van der Waals surface area contributed by atoms with Crippen molar-refractivity contribution in [2.24, 2.45) is 0 Å². The first kappa shape index (κ1) is 36.1. The molecule has 266 valence electrons. The molecule has 2 atom stereocenters. The summed E-state index contributed by atoms with van der Waals surface area (Å²) in [5.74, 6) is -2.01. The molecule has 13 nitrogen and oxygen atoms in total. The minimum absolute atomic E-state index is 0.0352. The average Bonchev–Trinajstić information content (AvgIpc) is 3.59. The van der Waals surface area contributed by atoms with Crippen molar-refractivity contribution in [2.45, 2.75) is 37.8 Å². The minimum Gasteiger partial charge on any atom is -0.468 e. The van der Waals surface area contributed by atoms with Gasteiger partial charge in [-0.1, -0.05) is 12.1 Å². The predicted octanol–water partition coefficient (Wildman–Crippen LogP) is 4.72. The van der Waals surface area contributed by atoms with Gasteiger partial charge in [0.15, 0.2) is 25.2 Å². The Morgan fingerprint density at radius 1 is 0.820 bits per heavy atom. The number of halogens is 1. The molecule has 2 aliphatic rings. The van der Waals surface area contributed by atoms with Crippen LogP contribution in [0.2, 0.25) is 0 Å². The van der Waals surface area contributed by atoms with E-state index in [1.807, 2.05) is 4.90 Å². The second-order valence-corrected chi connectivity index (χ2v) is 11.9. The van der Waals surface area contributed by atoms with Crippen LogP contribution in [-0.2, 0) is 14.2 Å². The van der Waals surface area contributed by atoms with Gasteiger partial charge < -0.3 is 43.9 Å². The summed E-state index contributed by atoms with van der Waals surface area (Å²) < 4.78 is 42.5. The molecule has 0 aromatic heterocycles. The molecule has 0 spiro atoms. The third-order valence-electron chi connectivity index (χ3n) is 8.56. The number of nitrogens with one attached hydrogen (secondary N) is 1. The maximum absolute atomic E-state index is 15.9. The van der Waals surface area contributed by atoms with Gasteiger partial charge in [-0.3, -0.25) is 9.59 Å². The minimum atomic E-state index is -1.16. The van der Waals surface area contributed by atoms with Crippen molar-refractivity contribution in [3.05, 3.63) is 88.7 Å². The lowest BCUT2D eigenvalue weighted by atomic mass is 9.99. The Morgan fingerprint density at radius 3 is 2.12 bits per heavy atom. The van der Waals surface area contributed by atoms with E-state index < -0.39 is 41.7 Å². The quantitative estimate of drug-likeness (QED) is 0.145. The van der Waals surface area contributed by atoms with Gasteiger partial charge in [-0.15, -0.1) is 0 Å². The highest BCUT2D eigenvalue weighted by atomic mass is 19.1. The highest BCUT2D eigenvalue weighted by Crippen LogP contribution is 2.33. The van der Waals surface area contributed by atoms with Crippen LogP contribution >= 0.6 is 0 Å². The molecule has 2 aliphatic heterocycles. The first-order valence-electron chi connectivity index (χ1n) is 16.3. The van der Waals surface area contributed by atoms with E-state index in [0.717, 1.165) is 12.8 Å². The fourth-order valence-electron chi connectivity index (χ4n) is 5.98. The molecule has 3 aromatic carbocycles. The van der Waals surface area contributed by atoms with E-state index in [1.165, 1.54) is 43.4 Å². The molecular formula is C36H40FN3O10. The number of carboxylic acid groups (broad SMARTS) is 1. The molecule has 50 heavy (non-hydrogen) atoms. The molecule has 14 heteroatoms. The smallest absolute Gasteiger partial charge is 0.407 e. The first-order chi connectivity index (χ1) is 24.2. The van der Waals surface area contributed by atoms with Gasteiger partial charge in [-0.2, -0.15) is 0 Å². The lowest BCUT2D eigenvalue weighted by molar-refractivity contribution is 0.0179. The number of rotatable bonds is 13. The topological polar surface area (TPSA) is 153 Å². The third kappa shape index (κ3) is 8.68. The van der Waals surface area contributed by atoms with Gasteiger partial charge >= 0.3 is 12.1 Å². The SMILES string of the molecule is COCOc1ccc(C(=O)N[C@@H]2CN(C(=O)O)CCC[C@H]2OC(=O)c2ccc(C(=O)c3c(OCOC)ccc(N4CCCC4)c3F)cc2)cc1. The average molecular weight is 694 g/mol. The van der Waals surface area contributed by atoms with Crippen LogP contribution in [0.1, 0.15) is 62.3 Å². The lowest BCUT2D eigenvalue weighted by Crippen LogP contribution is -2.51. The van der Waals surface area contributed by atoms with Crippen LogP contribution in [0.15, 0.2) is 60.7 Å². The Kier molecular flexibility index (Phi) is 12.2. The number of hydrogen-bond donors (Lipinski definition) is 2. The molecular weight excluding hydrogens is 653 g/mol. The van der Waals surface area contributed by atoms with Crippen LogP contribution in [0.5, 0.6) is 11.5 Å². The van der Waals surface area contributed by atoms with E-state index >= 15 is 4.39 Å². The van der Waals surface area contributed by atoms with E-state index in [2.05, 4.69) is 5.32 Å². The molecule has 2 N–H and O–H groups in total. The van der Waals surface area contributed by atoms with Gasteiger partial charge in [0.05, 0.1) is 17.3 Å². The Labute approximate surface area is 288 Å². The van der Waals surface area contributed by atoms with Gasteiger partial charge in [-0.25, -0.2) is 14.0 Å². The zero-order valence-corrected chi connectivity index (χ0v) is 27.9. The number of hydrogen-bond acceptors (Lipinski definition) is 10. The van der Waals surface area contributed by atoms with Crippen LogP contribution in [0.3, 0.4) is 0 Å². The number of methoxy groups -OCH3 is 2. The van der Waals surface area contributed by atoms with E-state index in [-0.39, 0.29) is 55.5 Å². The number of carbonyl (C=O) groups excluding carboxylic acids is 3. The normalized spacial score (nSPS) is 17.5. The summed E-state index contributed by atoms with van der Waals surface area (Å²) in [4.78, 5) is 55.1. The molecule has 0 aliphatic carbocycles. The van der Waals surface area contributed by atoms with Crippen molar-refractivity contribution in [3.63, 3.8) is 0 Å². The Bertz CT molecular complexity index is 1660. The molecule has 0 unspecified atom stereocenters. The molecule has 2 saturated heterocycles. The highest BCUT2D eigenvalue weighted by Gasteiger charge is 2.34. The highest BCUT2D eigenvalue weighted by molar-refractivity contribution is 6.11. The number of benzene rings is 3. The number of esters is 1. The van der Waals surface area contributed by atoms with Crippen molar-refractivity contribution >= 4 is 29.4 Å². The number of amides is 2. The summed E-state index contributed by atoms with van der Waals surface area (Å²) in [7, 11) is 2.91. The molecule has 2 heterocycles. The number of likely N-dealkylation sites (tertiary alicyclic amines) is 1. The first-order valence-corrected chi connectivity index (χ1v) is 16.3. The monoisotopic (exact) mass is 693 g/mol. The summed E-state index contributed by atoms with van der Waals surface area (Å²) in [6.07, 6.45) is 0.516. The lowest BCUT2D eigenvalue weighted by Gasteiger charge is -2.28. The maximum atomic E-state index is 15.9. The van der Waals surface area contributed by atoms with Gasteiger partial charge in [-0.05, 0) is 74.2 Å². The molecule has 5 rings (SSSR count). The van der Waals surface area contributed by atoms with Crippen LogP contribution in [0.25, 0.3) is 0 Å².